The van der Waals surface area contributed by atoms with Crippen molar-refractivity contribution in [2.24, 2.45) is 0 Å². The minimum absolute atomic E-state index is 0.000966. The molecule has 0 spiro atoms. The van der Waals surface area contributed by atoms with Crippen molar-refractivity contribution in [3.8, 4) is 0 Å². The number of hydrogen-bond donors (Lipinski definition) is 1. The topological polar surface area (TPSA) is 62.6 Å². The number of nitrogens with one attached hydrogen (secondary N) is 1. The molecule has 5 nitrogen and oxygen atoms in total. The normalized spacial score (nSPS) is 20.9. The van der Waals surface area contributed by atoms with Crippen LogP contribution in [0.1, 0.15) is 65.6 Å². The second-order valence-electron chi connectivity index (χ2n) is 7.55. The zero-order valence-electron chi connectivity index (χ0n) is 15.9. The Morgan fingerprint density at radius 2 is 1.86 bits per heavy atom. The van der Waals surface area contributed by atoms with Gasteiger partial charge in [0.15, 0.2) is 0 Å². The molecule has 2 heterocycles. The van der Waals surface area contributed by atoms with E-state index in [2.05, 4.69) is 5.32 Å². The van der Waals surface area contributed by atoms with Crippen molar-refractivity contribution >= 4 is 23.6 Å². The predicted molar refractivity (Wildman–Crippen MR) is 110 cm³/mol. The van der Waals surface area contributed by atoms with Crippen molar-refractivity contribution in [2.45, 2.75) is 56.5 Å². The third-order valence-corrected chi connectivity index (χ3v) is 6.78. The van der Waals surface area contributed by atoms with Gasteiger partial charge in [0.05, 0.1) is 18.6 Å². The third kappa shape index (κ3) is 4.43. The Morgan fingerprint density at radius 3 is 2.54 bits per heavy atom. The fourth-order valence-corrected chi connectivity index (χ4v) is 5.15. The highest BCUT2D eigenvalue weighted by Crippen LogP contribution is 2.39. The van der Waals surface area contributed by atoms with Gasteiger partial charge in [-0.1, -0.05) is 37.8 Å². The summed E-state index contributed by atoms with van der Waals surface area (Å²) in [6.07, 6.45) is 8.71. The van der Waals surface area contributed by atoms with Crippen LogP contribution in [0.4, 0.5) is 0 Å². The van der Waals surface area contributed by atoms with E-state index < -0.39 is 0 Å². The fraction of sp³-hybridized carbons (Fsp3) is 0.455. The van der Waals surface area contributed by atoms with Crippen molar-refractivity contribution in [1.82, 2.24) is 10.2 Å². The molecule has 1 saturated heterocycles. The van der Waals surface area contributed by atoms with Crippen LogP contribution in [0.3, 0.4) is 0 Å². The summed E-state index contributed by atoms with van der Waals surface area (Å²) >= 11 is 1.61. The Balaban J connectivity index is 1.41. The molecule has 2 fully saturated rings. The van der Waals surface area contributed by atoms with E-state index >= 15 is 0 Å². The number of carbonyl (C=O) groups is 2. The van der Waals surface area contributed by atoms with Gasteiger partial charge in [-0.15, -0.1) is 11.8 Å². The first kappa shape index (κ1) is 19.1. The van der Waals surface area contributed by atoms with Crippen molar-refractivity contribution in [2.75, 3.05) is 5.75 Å². The van der Waals surface area contributed by atoms with Crippen LogP contribution in [0.15, 0.2) is 47.1 Å². The molecule has 1 atom stereocenters. The maximum Gasteiger partial charge on any atom is 0.251 e. The Labute approximate surface area is 169 Å². The molecule has 1 N–H and O–H groups in total. The molecule has 6 heteroatoms. The van der Waals surface area contributed by atoms with E-state index in [4.69, 9.17) is 4.42 Å². The lowest BCUT2D eigenvalue weighted by Crippen LogP contribution is -2.34. The SMILES string of the molecule is O=C(NC1CCCCCC1)c1ccc([C@@H]2SCC(=O)N2Cc2ccco2)cc1. The van der Waals surface area contributed by atoms with Gasteiger partial charge in [-0.3, -0.25) is 9.59 Å². The van der Waals surface area contributed by atoms with Gasteiger partial charge in [0.1, 0.15) is 11.1 Å². The van der Waals surface area contributed by atoms with Crippen molar-refractivity contribution < 1.29 is 14.0 Å². The van der Waals surface area contributed by atoms with E-state index in [0.29, 0.717) is 23.9 Å². The smallest absolute Gasteiger partial charge is 0.251 e. The van der Waals surface area contributed by atoms with Crippen LogP contribution < -0.4 is 5.32 Å². The summed E-state index contributed by atoms with van der Waals surface area (Å²) in [5.41, 5.74) is 1.72. The quantitative estimate of drug-likeness (QED) is 0.753. The van der Waals surface area contributed by atoms with E-state index in [1.807, 2.05) is 41.3 Å². The van der Waals surface area contributed by atoms with Crippen molar-refractivity contribution in [3.05, 3.63) is 59.5 Å². The summed E-state index contributed by atoms with van der Waals surface area (Å²) in [4.78, 5) is 26.7. The number of benzene rings is 1. The highest BCUT2D eigenvalue weighted by atomic mass is 32.2. The number of furan rings is 1. The maximum atomic E-state index is 12.6. The Bertz CT molecular complexity index is 796. The second kappa shape index (κ2) is 8.86. The molecule has 1 aliphatic carbocycles. The first-order chi connectivity index (χ1) is 13.7. The third-order valence-electron chi connectivity index (χ3n) is 5.52. The van der Waals surface area contributed by atoms with Gasteiger partial charge in [0.25, 0.3) is 5.91 Å². The largest absolute Gasteiger partial charge is 0.467 e. The van der Waals surface area contributed by atoms with Gasteiger partial charge in [-0.2, -0.15) is 0 Å². The van der Waals surface area contributed by atoms with Crippen LogP contribution in [0.2, 0.25) is 0 Å². The summed E-state index contributed by atoms with van der Waals surface area (Å²) in [6.45, 7) is 0.466. The van der Waals surface area contributed by atoms with Crippen LogP contribution in [0.5, 0.6) is 0 Å². The number of amides is 2. The van der Waals surface area contributed by atoms with Crippen LogP contribution in [0.25, 0.3) is 0 Å². The average molecular weight is 399 g/mol. The summed E-state index contributed by atoms with van der Waals surface area (Å²) in [6, 6.07) is 11.7. The first-order valence-electron chi connectivity index (χ1n) is 10.0. The lowest BCUT2D eigenvalue weighted by atomic mass is 10.1. The van der Waals surface area contributed by atoms with Gasteiger partial charge in [0.2, 0.25) is 5.91 Å². The fourth-order valence-electron chi connectivity index (χ4n) is 3.96. The molecule has 1 aromatic heterocycles. The van der Waals surface area contributed by atoms with Gasteiger partial charge in [0, 0.05) is 11.6 Å². The van der Waals surface area contributed by atoms with E-state index in [1.54, 1.807) is 18.0 Å². The lowest BCUT2D eigenvalue weighted by Gasteiger charge is -2.23. The second-order valence-corrected chi connectivity index (χ2v) is 8.62. The molecule has 0 unspecified atom stereocenters. The Morgan fingerprint density at radius 1 is 1.11 bits per heavy atom. The summed E-state index contributed by atoms with van der Waals surface area (Å²) in [7, 11) is 0. The number of rotatable bonds is 5. The molecule has 0 radical (unpaired) electrons. The van der Waals surface area contributed by atoms with E-state index in [1.165, 1.54) is 25.7 Å². The van der Waals surface area contributed by atoms with Crippen molar-refractivity contribution in [3.63, 3.8) is 0 Å². The molecule has 2 amide bonds. The minimum atomic E-state index is -0.0448. The highest BCUT2D eigenvalue weighted by molar-refractivity contribution is 8.00. The molecule has 1 saturated carbocycles. The highest BCUT2D eigenvalue weighted by Gasteiger charge is 2.33. The number of thioether (sulfide) groups is 1. The monoisotopic (exact) mass is 398 g/mol. The van der Waals surface area contributed by atoms with Crippen LogP contribution in [-0.4, -0.2) is 28.5 Å². The lowest BCUT2D eigenvalue weighted by molar-refractivity contribution is -0.128. The molecule has 4 rings (SSSR count). The molecule has 1 aliphatic heterocycles. The summed E-state index contributed by atoms with van der Waals surface area (Å²) in [5, 5.41) is 3.14. The van der Waals surface area contributed by atoms with E-state index in [0.717, 1.165) is 24.2 Å². The summed E-state index contributed by atoms with van der Waals surface area (Å²) < 4.78 is 5.40. The number of nitrogens with zero attached hydrogens (tertiary/aromatic N) is 1. The minimum Gasteiger partial charge on any atom is -0.467 e. The molecule has 28 heavy (non-hydrogen) atoms. The van der Waals surface area contributed by atoms with Crippen LogP contribution in [0, 0.1) is 0 Å². The van der Waals surface area contributed by atoms with E-state index in [-0.39, 0.29) is 17.2 Å². The zero-order valence-corrected chi connectivity index (χ0v) is 16.7. The molecular formula is C22H26N2O3S. The van der Waals surface area contributed by atoms with Gasteiger partial charge < -0.3 is 14.6 Å². The Hall–Kier alpha value is -2.21. The van der Waals surface area contributed by atoms with Crippen molar-refractivity contribution in [1.29, 1.82) is 0 Å². The van der Waals surface area contributed by atoms with Crippen LogP contribution in [-0.2, 0) is 11.3 Å². The average Bonchev–Trinajstić information content (AvgIpc) is 3.27. The van der Waals surface area contributed by atoms with Gasteiger partial charge >= 0.3 is 0 Å². The first-order valence-corrected chi connectivity index (χ1v) is 11.1. The molecular weight excluding hydrogens is 372 g/mol. The standard InChI is InChI=1S/C22H26N2O3S/c25-20-15-28-22(24(20)14-19-8-5-13-27-19)17-11-9-16(10-12-17)21(26)23-18-6-3-1-2-4-7-18/h5,8-13,18,22H,1-4,6-7,14-15H2,(H,23,26)/t22-/m0/s1. The van der Waals surface area contributed by atoms with E-state index in [9.17, 15) is 9.59 Å². The zero-order chi connectivity index (χ0) is 19.3. The van der Waals surface area contributed by atoms with Gasteiger partial charge in [-0.05, 0) is 42.7 Å². The Kier molecular flexibility index (Phi) is 6.05. The predicted octanol–water partition coefficient (Wildman–Crippen LogP) is 4.51. The molecule has 2 aliphatic rings. The number of carbonyl (C=O) groups excluding carboxylic acids is 2. The number of hydrogen-bond acceptors (Lipinski definition) is 4. The van der Waals surface area contributed by atoms with Gasteiger partial charge in [-0.25, -0.2) is 0 Å². The molecule has 0 bridgehead atoms. The molecule has 1 aromatic carbocycles. The maximum absolute atomic E-state index is 12.6. The van der Waals surface area contributed by atoms with Crippen LogP contribution >= 0.6 is 11.8 Å². The summed E-state index contributed by atoms with van der Waals surface area (Å²) in [5.74, 6) is 1.36. The molecule has 148 valence electrons. The molecule has 2 aromatic rings.